The highest BCUT2D eigenvalue weighted by molar-refractivity contribution is 7.47. The second-order valence-corrected chi connectivity index (χ2v) is 29.5. The lowest BCUT2D eigenvalue weighted by Crippen LogP contribution is -2.30. The van der Waals surface area contributed by atoms with Crippen molar-refractivity contribution in [1.29, 1.82) is 0 Å². The van der Waals surface area contributed by atoms with Gasteiger partial charge in [0.1, 0.15) is 19.3 Å². The molecule has 0 spiro atoms. The van der Waals surface area contributed by atoms with E-state index in [9.17, 15) is 43.2 Å². The Labute approximate surface area is 665 Å². The minimum absolute atomic E-state index is 0.00173. The van der Waals surface area contributed by atoms with Gasteiger partial charge in [-0.25, -0.2) is 9.13 Å². The summed E-state index contributed by atoms with van der Waals surface area (Å²) in [4.78, 5) is 73.1. The first-order valence-corrected chi connectivity index (χ1v) is 44.3. The van der Waals surface area contributed by atoms with Crippen molar-refractivity contribution < 1.29 is 80.2 Å². The molecular weight excluding hydrogens is 1430 g/mol. The number of unbranched alkanes of at least 4 members (excludes halogenated alkanes) is 16. The molecule has 0 radical (unpaired) electrons. The third kappa shape index (κ3) is 79.7. The van der Waals surface area contributed by atoms with Gasteiger partial charge in [0, 0.05) is 19.3 Å². The maximum atomic E-state index is 13.1. The molecular formula is C91H144O17P2. The Morgan fingerprint density at radius 1 is 0.273 bits per heavy atom. The molecule has 19 heteroatoms. The number of allylic oxidation sites excluding steroid dienone is 33. The predicted octanol–water partition coefficient (Wildman–Crippen LogP) is 24.7. The lowest BCUT2D eigenvalue weighted by atomic mass is 10.1. The highest BCUT2D eigenvalue weighted by atomic mass is 31.2. The SMILES string of the molecule is CC/C=C\C/C=C\C/C=C\C/C=C\C/C=C\CCCC(=O)OC(COC(=O)CCCCCCCC/C=C\C/C=C\C/C=C\C/C=C\CC)COP(=O)(O)OCC(O)COP(=O)(O)OCC(COC(=O)CCCCCCCC/C=C\C/C=C\C/C=C\CCCCC)OC(=O)C/C=C\C/C=C\C/C=C\C/C=C\C/C=C\CC. The fourth-order valence-corrected chi connectivity index (χ4v) is 11.7. The monoisotopic (exact) mass is 1570 g/mol. The minimum Gasteiger partial charge on any atom is -0.462 e. The Morgan fingerprint density at radius 3 is 0.836 bits per heavy atom. The van der Waals surface area contributed by atoms with E-state index in [2.05, 4.69) is 198 Å². The van der Waals surface area contributed by atoms with E-state index in [1.54, 1.807) is 12.2 Å². The maximum absolute atomic E-state index is 13.1. The van der Waals surface area contributed by atoms with E-state index in [0.717, 1.165) is 180 Å². The first-order chi connectivity index (χ1) is 53.7. The van der Waals surface area contributed by atoms with Crippen LogP contribution in [0.1, 0.15) is 285 Å². The Balaban J connectivity index is 5.53. The van der Waals surface area contributed by atoms with Crippen molar-refractivity contribution in [2.75, 3.05) is 39.6 Å². The number of rotatable bonds is 75. The second-order valence-electron chi connectivity index (χ2n) is 26.6. The number of hydrogen-bond acceptors (Lipinski definition) is 15. The lowest BCUT2D eigenvalue weighted by Gasteiger charge is -2.21. The molecule has 0 amide bonds. The maximum Gasteiger partial charge on any atom is 0.472 e. The normalized spacial score (nSPS) is 14.9. The van der Waals surface area contributed by atoms with Crippen LogP contribution in [0.4, 0.5) is 0 Å². The summed E-state index contributed by atoms with van der Waals surface area (Å²) in [5, 5.41) is 10.7. The van der Waals surface area contributed by atoms with Crippen molar-refractivity contribution in [1.82, 2.24) is 0 Å². The number of phosphoric acid groups is 2. The number of aliphatic hydroxyl groups is 1. The number of phosphoric ester groups is 2. The van der Waals surface area contributed by atoms with Crippen LogP contribution in [0.15, 0.2) is 207 Å². The van der Waals surface area contributed by atoms with Crippen molar-refractivity contribution >= 4 is 39.5 Å². The van der Waals surface area contributed by atoms with Gasteiger partial charge in [-0.05, 0) is 167 Å². The summed E-state index contributed by atoms with van der Waals surface area (Å²) in [6, 6.07) is 0. The molecule has 0 saturated carbocycles. The standard InChI is InChI=1S/C91H144O17P2/c1-5-9-13-17-21-25-29-33-37-40-42-45-48-51-55-59-63-67-71-75-88(93)101-81-86(107-90(95)77-73-69-65-61-57-53-47-36-32-28-24-20-16-12-8-4)83-105-109(97,98)103-79-85(92)80-104-110(99,100)106-84-87(108-91(96)78-74-70-66-62-58-54-50-44-39-35-31-27-23-19-15-11-7-3)82-102-89(94)76-72-68-64-60-56-52-49-46-43-41-38-34-30-26-22-18-14-10-6-2/h10-12,14-16,21-28,33-39,42-43,45-47,50,54,57,61-62,66,69,73,85-87,92H,5-9,13,17-20,29-32,40-41,44,48-49,51-53,55-56,58-60,63-65,67-68,70-72,74-84H2,1-4H3,(H,97,98)(H,99,100)/b14-10-,15-11-,16-12-,25-21-,26-22-,27-23-,28-24-,37-33-,38-34-,39-35-,45-42-,46-43-,47-36-,54-50-,61-57-,66-62-,73-69-. The Morgan fingerprint density at radius 2 is 0.518 bits per heavy atom. The van der Waals surface area contributed by atoms with Crippen LogP contribution in [0, 0.1) is 0 Å². The molecule has 0 bridgehead atoms. The largest absolute Gasteiger partial charge is 0.472 e. The fraction of sp³-hybridized carbons (Fsp3) is 0.582. The first kappa shape index (κ1) is 104. The molecule has 0 aliphatic carbocycles. The van der Waals surface area contributed by atoms with Crippen LogP contribution in [-0.2, 0) is 65.4 Å². The first-order valence-electron chi connectivity index (χ1n) is 41.3. The minimum atomic E-state index is -5.02. The summed E-state index contributed by atoms with van der Waals surface area (Å²) in [5.41, 5.74) is 0. The molecule has 0 aromatic carbocycles. The Hall–Kier alpha value is -6.36. The van der Waals surface area contributed by atoms with Crippen LogP contribution in [-0.4, -0.2) is 96.7 Å². The summed E-state index contributed by atoms with van der Waals surface area (Å²) in [7, 11) is -10.0. The third-order valence-electron chi connectivity index (χ3n) is 16.3. The van der Waals surface area contributed by atoms with Gasteiger partial charge in [0.05, 0.1) is 32.8 Å². The number of hydrogen-bond donors (Lipinski definition) is 3. The molecule has 0 rings (SSSR count). The molecule has 0 aliphatic heterocycles. The van der Waals surface area contributed by atoms with Crippen LogP contribution in [0.2, 0.25) is 0 Å². The molecule has 110 heavy (non-hydrogen) atoms. The molecule has 0 aromatic heterocycles. The Bertz CT molecular complexity index is 2900. The lowest BCUT2D eigenvalue weighted by molar-refractivity contribution is -0.161. The molecule has 17 nitrogen and oxygen atoms in total. The van der Waals surface area contributed by atoms with Gasteiger partial charge in [-0.2, -0.15) is 0 Å². The van der Waals surface area contributed by atoms with Gasteiger partial charge in [0.15, 0.2) is 12.2 Å². The number of esters is 4. The molecule has 0 saturated heterocycles. The molecule has 5 unspecified atom stereocenters. The molecule has 0 fully saturated rings. The van der Waals surface area contributed by atoms with Gasteiger partial charge < -0.3 is 33.8 Å². The van der Waals surface area contributed by atoms with Crippen molar-refractivity contribution in [3.8, 4) is 0 Å². The predicted molar refractivity (Wildman–Crippen MR) is 454 cm³/mol. The van der Waals surface area contributed by atoms with Gasteiger partial charge in [-0.3, -0.25) is 37.3 Å². The highest BCUT2D eigenvalue weighted by Gasteiger charge is 2.30. The van der Waals surface area contributed by atoms with Crippen LogP contribution >= 0.6 is 15.6 Å². The van der Waals surface area contributed by atoms with Crippen LogP contribution in [0.25, 0.3) is 0 Å². The fourth-order valence-electron chi connectivity index (χ4n) is 10.1. The second kappa shape index (κ2) is 80.7. The van der Waals surface area contributed by atoms with Crippen molar-refractivity contribution in [3.05, 3.63) is 207 Å². The van der Waals surface area contributed by atoms with Gasteiger partial charge in [0.25, 0.3) is 0 Å². The van der Waals surface area contributed by atoms with Gasteiger partial charge >= 0.3 is 39.5 Å². The number of aliphatic hydroxyl groups excluding tert-OH is 1. The van der Waals surface area contributed by atoms with Crippen LogP contribution in [0.5, 0.6) is 0 Å². The molecule has 3 N–H and O–H groups in total. The average molecular weight is 1570 g/mol. The van der Waals surface area contributed by atoms with Crippen molar-refractivity contribution in [3.63, 3.8) is 0 Å². The van der Waals surface area contributed by atoms with E-state index in [-0.39, 0.29) is 25.7 Å². The highest BCUT2D eigenvalue weighted by Crippen LogP contribution is 2.45. The summed E-state index contributed by atoms with van der Waals surface area (Å²) >= 11 is 0. The van der Waals surface area contributed by atoms with E-state index in [4.69, 9.17) is 37.0 Å². The van der Waals surface area contributed by atoms with Crippen LogP contribution in [0.3, 0.4) is 0 Å². The van der Waals surface area contributed by atoms with E-state index in [1.165, 1.54) is 19.3 Å². The van der Waals surface area contributed by atoms with Crippen molar-refractivity contribution in [2.45, 2.75) is 303 Å². The molecule has 5 atom stereocenters. The number of carbonyl (C=O) groups is 4. The van der Waals surface area contributed by atoms with E-state index in [0.29, 0.717) is 32.1 Å². The Kier molecular flexibility index (Phi) is 76.0. The van der Waals surface area contributed by atoms with E-state index < -0.39 is 97.5 Å². The van der Waals surface area contributed by atoms with Crippen LogP contribution < -0.4 is 0 Å². The molecule has 0 heterocycles. The average Bonchev–Trinajstić information content (AvgIpc) is 0.906. The van der Waals surface area contributed by atoms with Crippen molar-refractivity contribution in [2.24, 2.45) is 0 Å². The van der Waals surface area contributed by atoms with Gasteiger partial charge in [-0.15, -0.1) is 0 Å². The zero-order valence-corrected chi connectivity index (χ0v) is 69.6. The third-order valence-corrected chi connectivity index (χ3v) is 18.2. The zero-order chi connectivity index (χ0) is 80.3. The summed E-state index contributed by atoms with van der Waals surface area (Å²) in [5.74, 6) is -2.44. The van der Waals surface area contributed by atoms with E-state index in [1.807, 2.05) is 24.3 Å². The topological polar surface area (TPSA) is 237 Å². The van der Waals surface area contributed by atoms with E-state index >= 15 is 0 Å². The number of carbonyl (C=O) groups excluding carboxylic acids is 4. The summed E-state index contributed by atoms with van der Waals surface area (Å²) in [6.45, 7) is 4.27. The molecule has 0 aliphatic rings. The molecule has 620 valence electrons. The number of ether oxygens (including phenoxy) is 4. The quantitative estimate of drug-likeness (QED) is 0.0169. The summed E-state index contributed by atoms with van der Waals surface area (Å²) in [6.07, 6.45) is 101. The molecule has 0 aromatic rings. The van der Waals surface area contributed by atoms with Gasteiger partial charge in [0.2, 0.25) is 0 Å². The summed E-state index contributed by atoms with van der Waals surface area (Å²) < 4.78 is 68.5. The smallest absolute Gasteiger partial charge is 0.462 e. The zero-order valence-electron chi connectivity index (χ0n) is 67.8. The van der Waals surface area contributed by atoms with Gasteiger partial charge in [-0.1, -0.05) is 298 Å².